The summed E-state index contributed by atoms with van der Waals surface area (Å²) >= 11 is 6.55. The van der Waals surface area contributed by atoms with Gasteiger partial charge in [0.05, 0.1) is 18.5 Å². The number of amides is 2. The molecule has 33 heavy (non-hydrogen) atoms. The van der Waals surface area contributed by atoms with Crippen LogP contribution in [-0.2, 0) is 11.3 Å². The highest BCUT2D eigenvalue weighted by Crippen LogP contribution is 2.22. The fourth-order valence-electron chi connectivity index (χ4n) is 3.92. The number of piperidine rings is 1. The highest BCUT2D eigenvalue weighted by atomic mass is 35.5. The van der Waals surface area contributed by atoms with Crippen LogP contribution >= 0.6 is 11.6 Å². The summed E-state index contributed by atoms with van der Waals surface area (Å²) in [5.74, 6) is 0.0422. The number of hydrogen-bond donors (Lipinski definition) is 1. The van der Waals surface area contributed by atoms with Gasteiger partial charge in [-0.2, -0.15) is 5.10 Å². The van der Waals surface area contributed by atoms with Crippen molar-refractivity contribution in [2.75, 3.05) is 13.1 Å². The van der Waals surface area contributed by atoms with Gasteiger partial charge in [-0.1, -0.05) is 41.4 Å². The number of nitrogens with zero attached hydrogens (tertiary/aromatic N) is 3. The minimum Gasteiger partial charge on any atom is -0.459 e. The molecule has 0 spiro atoms. The lowest BCUT2D eigenvalue weighted by Crippen LogP contribution is -2.46. The summed E-state index contributed by atoms with van der Waals surface area (Å²) in [4.78, 5) is 26.6. The van der Waals surface area contributed by atoms with Gasteiger partial charge in [0, 0.05) is 30.8 Å². The summed E-state index contributed by atoms with van der Waals surface area (Å²) in [5, 5.41) is 8.04. The minimum absolute atomic E-state index is 0.0173. The Labute approximate surface area is 198 Å². The van der Waals surface area contributed by atoms with Crippen molar-refractivity contribution < 1.29 is 14.0 Å². The second-order valence-corrected chi connectivity index (χ2v) is 8.68. The average molecular weight is 467 g/mol. The molecular formula is C25H27ClN4O3. The molecule has 0 unspecified atom stereocenters. The molecular weight excluding hydrogens is 440 g/mol. The molecule has 2 amide bonds. The lowest BCUT2D eigenvalue weighted by atomic mass is 10.0. The van der Waals surface area contributed by atoms with Gasteiger partial charge >= 0.3 is 0 Å². The number of aromatic nitrogens is 2. The maximum absolute atomic E-state index is 12.5. The third-order valence-corrected chi connectivity index (χ3v) is 6.22. The van der Waals surface area contributed by atoms with Crippen LogP contribution in [0.3, 0.4) is 0 Å². The molecule has 3 heterocycles. The number of carbonyl (C=O) groups excluding carboxylic acids is 2. The second-order valence-electron chi connectivity index (χ2n) is 8.32. The Bertz CT molecular complexity index is 1140. The summed E-state index contributed by atoms with van der Waals surface area (Å²) in [6.07, 6.45) is 6.08. The van der Waals surface area contributed by atoms with E-state index in [1.54, 1.807) is 27.8 Å². The van der Waals surface area contributed by atoms with Crippen molar-refractivity contribution in [3.8, 4) is 0 Å². The van der Waals surface area contributed by atoms with Gasteiger partial charge in [0.1, 0.15) is 5.15 Å². The summed E-state index contributed by atoms with van der Waals surface area (Å²) in [6.45, 7) is 5.64. The van der Waals surface area contributed by atoms with Gasteiger partial charge in [0.25, 0.3) is 5.91 Å². The van der Waals surface area contributed by atoms with Crippen LogP contribution in [0.25, 0.3) is 6.08 Å². The molecule has 0 atom stereocenters. The highest BCUT2D eigenvalue weighted by Gasteiger charge is 2.25. The molecule has 0 aliphatic carbocycles. The predicted molar refractivity (Wildman–Crippen MR) is 127 cm³/mol. The van der Waals surface area contributed by atoms with Crippen LogP contribution in [0.5, 0.6) is 0 Å². The first-order valence-corrected chi connectivity index (χ1v) is 11.4. The van der Waals surface area contributed by atoms with E-state index in [1.165, 1.54) is 17.9 Å². The molecule has 1 saturated heterocycles. The van der Waals surface area contributed by atoms with Gasteiger partial charge in [0.2, 0.25) is 5.91 Å². The second kappa shape index (κ2) is 10.1. The number of nitrogens with one attached hydrogen (secondary N) is 1. The number of aryl methyl sites for hydroxylation is 2. The number of benzene rings is 1. The van der Waals surface area contributed by atoms with E-state index < -0.39 is 0 Å². The van der Waals surface area contributed by atoms with Crippen LogP contribution < -0.4 is 5.32 Å². The number of carbonyl (C=O) groups is 2. The topological polar surface area (TPSA) is 80.4 Å². The van der Waals surface area contributed by atoms with Crippen LogP contribution in [0.15, 0.2) is 53.2 Å². The normalized spacial score (nSPS) is 14.7. The van der Waals surface area contributed by atoms with Crippen molar-refractivity contribution in [2.24, 2.45) is 0 Å². The Hall–Kier alpha value is -3.32. The smallest absolute Gasteiger partial charge is 0.289 e. The van der Waals surface area contributed by atoms with E-state index in [4.69, 9.17) is 16.0 Å². The van der Waals surface area contributed by atoms with Gasteiger partial charge in [-0.25, -0.2) is 4.68 Å². The van der Waals surface area contributed by atoms with Crippen molar-refractivity contribution in [3.63, 3.8) is 0 Å². The predicted octanol–water partition coefficient (Wildman–Crippen LogP) is 4.23. The molecule has 0 bridgehead atoms. The number of halogens is 1. The van der Waals surface area contributed by atoms with Crippen molar-refractivity contribution in [1.82, 2.24) is 20.0 Å². The van der Waals surface area contributed by atoms with E-state index in [2.05, 4.69) is 34.7 Å². The molecule has 3 aromatic rings. The van der Waals surface area contributed by atoms with E-state index >= 15 is 0 Å². The van der Waals surface area contributed by atoms with Gasteiger partial charge in [-0.15, -0.1) is 0 Å². The maximum atomic E-state index is 12.5. The van der Waals surface area contributed by atoms with Crippen LogP contribution in [0.2, 0.25) is 5.15 Å². The van der Waals surface area contributed by atoms with Crippen molar-refractivity contribution in [3.05, 3.63) is 82.0 Å². The van der Waals surface area contributed by atoms with Crippen molar-refractivity contribution in [2.45, 2.75) is 39.3 Å². The first-order chi connectivity index (χ1) is 15.9. The Kier molecular flexibility index (Phi) is 6.99. The number of hydrogen-bond acceptors (Lipinski definition) is 4. The third-order valence-electron chi connectivity index (χ3n) is 5.82. The average Bonchev–Trinajstić information content (AvgIpc) is 3.43. The summed E-state index contributed by atoms with van der Waals surface area (Å²) in [7, 11) is 0. The number of furan rings is 1. The molecule has 0 saturated carbocycles. The van der Waals surface area contributed by atoms with Crippen LogP contribution in [0.4, 0.5) is 0 Å². The van der Waals surface area contributed by atoms with Gasteiger partial charge < -0.3 is 14.6 Å². The van der Waals surface area contributed by atoms with Crippen molar-refractivity contribution >= 4 is 29.5 Å². The summed E-state index contributed by atoms with van der Waals surface area (Å²) in [6, 6.07) is 11.6. The van der Waals surface area contributed by atoms with E-state index in [0.29, 0.717) is 43.4 Å². The fourth-order valence-corrected chi connectivity index (χ4v) is 4.22. The quantitative estimate of drug-likeness (QED) is 0.551. The molecule has 1 N–H and O–H groups in total. The monoisotopic (exact) mass is 466 g/mol. The van der Waals surface area contributed by atoms with Gasteiger partial charge in [-0.3, -0.25) is 9.59 Å². The fraction of sp³-hybridized carbons (Fsp3) is 0.320. The van der Waals surface area contributed by atoms with E-state index in [-0.39, 0.29) is 17.9 Å². The highest BCUT2D eigenvalue weighted by molar-refractivity contribution is 6.31. The van der Waals surface area contributed by atoms with Crippen molar-refractivity contribution in [1.29, 1.82) is 0 Å². The molecule has 2 aromatic heterocycles. The molecule has 1 aromatic carbocycles. The zero-order valence-corrected chi connectivity index (χ0v) is 19.5. The molecule has 1 aliphatic rings. The first kappa shape index (κ1) is 22.9. The molecule has 0 radical (unpaired) electrons. The molecule has 7 nitrogen and oxygen atoms in total. The Morgan fingerprint density at radius 3 is 2.58 bits per heavy atom. The van der Waals surface area contributed by atoms with Crippen LogP contribution in [0.1, 0.15) is 45.8 Å². The van der Waals surface area contributed by atoms with E-state index in [0.717, 1.165) is 16.8 Å². The Morgan fingerprint density at radius 1 is 1.18 bits per heavy atom. The molecule has 4 rings (SSSR count). The van der Waals surface area contributed by atoms with E-state index in [1.807, 2.05) is 13.8 Å². The zero-order valence-electron chi connectivity index (χ0n) is 18.8. The third kappa shape index (κ3) is 5.54. The maximum Gasteiger partial charge on any atom is 0.289 e. The summed E-state index contributed by atoms with van der Waals surface area (Å²) < 4.78 is 6.93. The van der Waals surface area contributed by atoms with Crippen LogP contribution in [0, 0.1) is 13.8 Å². The lowest BCUT2D eigenvalue weighted by Gasteiger charge is -2.31. The number of rotatable bonds is 6. The lowest BCUT2D eigenvalue weighted by molar-refractivity contribution is -0.117. The van der Waals surface area contributed by atoms with Gasteiger partial charge in [-0.05, 0) is 50.5 Å². The zero-order chi connectivity index (χ0) is 23.4. The largest absolute Gasteiger partial charge is 0.459 e. The molecule has 1 fully saturated rings. The first-order valence-electron chi connectivity index (χ1n) is 11.0. The van der Waals surface area contributed by atoms with E-state index in [9.17, 15) is 9.59 Å². The molecule has 172 valence electrons. The SMILES string of the molecule is Cc1ccc(Cn2nc(C)c(/C=C/C(=O)NC3CCN(C(=O)c4ccco4)CC3)c2Cl)cc1. The van der Waals surface area contributed by atoms with Gasteiger partial charge in [0.15, 0.2) is 5.76 Å². The Balaban J connectivity index is 1.31. The molecule has 1 aliphatic heterocycles. The minimum atomic E-state index is -0.187. The summed E-state index contributed by atoms with van der Waals surface area (Å²) in [5.41, 5.74) is 3.81. The Morgan fingerprint density at radius 2 is 1.91 bits per heavy atom. The molecule has 8 heteroatoms. The standard InChI is InChI=1S/C25H27ClN4O3/c1-17-5-7-19(8-6-17)16-30-24(26)21(18(2)28-30)9-10-23(31)27-20-11-13-29(14-12-20)25(32)22-4-3-15-33-22/h3-10,15,20H,11-14,16H2,1-2H3,(H,27,31)/b10-9+. The number of likely N-dealkylation sites (tertiary alicyclic amines) is 1. The van der Waals surface area contributed by atoms with Crippen LogP contribution in [-0.4, -0.2) is 45.6 Å².